The monoisotopic (exact) mass is 269 g/mol. The van der Waals surface area contributed by atoms with E-state index in [1.807, 2.05) is 0 Å². The van der Waals surface area contributed by atoms with Crippen molar-refractivity contribution >= 4 is 23.2 Å². The Labute approximate surface area is 108 Å². The standard InChI is InChI=1S/C11H12ClN3O3/c12-8-1-2-10(15(17)18)7(3-8)5-13-9-4-11(16)14-6-9/h1-3,9,13H,4-6H2,(H,14,16). The van der Waals surface area contributed by atoms with Crippen LogP contribution in [-0.2, 0) is 11.3 Å². The van der Waals surface area contributed by atoms with Crippen LogP contribution < -0.4 is 10.6 Å². The van der Waals surface area contributed by atoms with Crippen molar-refractivity contribution in [2.45, 2.75) is 19.0 Å². The summed E-state index contributed by atoms with van der Waals surface area (Å²) in [4.78, 5) is 21.4. The summed E-state index contributed by atoms with van der Waals surface area (Å²) in [5.41, 5.74) is 0.552. The third-order valence-electron chi connectivity index (χ3n) is 2.80. The molecule has 1 aliphatic heterocycles. The molecule has 1 atom stereocenters. The molecule has 6 nitrogen and oxygen atoms in total. The number of amides is 1. The molecule has 0 aromatic heterocycles. The fraction of sp³-hybridized carbons (Fsp3) is 0.364. The first-order valence-electron chi connectivity index (χ1n) is 5.49. The van der Waals surface area contributed by atoms with E-state index in [1.165, 1.54) is 12.1 Å². The average molecular weight is 270 g/mol. The minimum absolute atomic E-state index is 0.00639. The fourth-order valence-electron chi connectivity index (χ4n) is 1.88. The largest absolute Gasteiger partial charge is 0.354 e. The van der Waals surface area contributed by atoms with Gasteiger partial charge in [-0.3, -0.25) is 14.9 Å². The van der Waals surface area contributed by atoms with Crippen LogP contribution in [0.15, 0.2) is 18.2 Å². The minimum Gasteiger partial charge on any atom is -0.354 e. The average Bonchev–Trinajstić information content (AvgIpc) is 2.72. The van der Waals surface area contributed by atoms with Gasteiger partial charge in [-0.15, -0.1) is 0 Å². The minimum atomic E-state index is -0.439. The lowest BCUT2D eigenvalue weighted by molar-refractivity contribution is -0.385. The van der Waals surface area contributed by atoms with Gasteiger partial charge in [-0.05, 0) is 12.1 Å². The van der Waals surface area contributed by atoms with E-state index in [2.05, 4.69) is 10.6 Å². The molecule has 1 aliphatic rings. The molecule has 7 heteroatoms. The van der Waals surface area contributed by atoms with Gasteiger partial charge in [0.25, 0.3) is 5.69 Å². The second kappa shape index (κ2) is 5.32. The molecule has 18 heavy (non-hydrogen) atoms. The summed E-state index contributed by atoms with van der Waals surface area (Å²) in [7, 11) is 0. The zero-order chi connectivity index (χ0) is 13.1. The van der Waals surface area contributed by atoms with Gasteiger partial charge in [0, 0.05) is 42.2 Å². The van der Waals surface area contributed by atoms with Gasteiger partial charge in [0.2, 0.25) is 5.91 Å². The Kier molecular flexibility index (Phi) is 3.78. The molecule has 1 unspecified atom stereocenters. The van der Waals surface area contributed by atoms with Crippen molar-refractivity contribution in [3.05, 3.63) is 38.9 Å². The smallest absolute Gasteiger partial charge is 0.273 e. The number of benzene rings is 1. The van der Waals surface area contributed by atoms with Crippen molar-refractivity contribution in [2.24, 2.45) is 0 Å². The van der Waals surface area contributed by atoms with Crippen LogP contribution in [0.3, 0.4) is 0 Å². The molecule has 96 valence electrons. The molecular weight excluding hydrogens is 258 g/mol. The van der Waals surface area contributed by atoms with Crippen molar-refractivity contribution < 1.29 is 9.72 Å². The Balaban J connectivity index is 2.06. The van der Waals surface area contributed by atoms with Crippen molar-refractivity contribution in [3.63, 3.8) is 0 Å². The van der Waals surface area contributed by atoms with Gasteiger partial charge in [0.05, 0.1) is 4.92 Å². The summed E-state index contributed by atoms with van der Waals surface area (Å²) < 4.78 is 0. The van der Waals surface area contributed by atoms with E-state index < -0.39 is 4.92 Å². The molecule has 1 aromatic rings. The molecule has 0 radical (unpaired) electrons. The quantitative estimate of drug-likeness (QED) is 0.636. The van der Waals surface area contributed by atoms with Gasteiger partial charge < -0.3 is 10.6 Å². The first-order valence-corrected chi connectivity index (χ1v) is 5.87. The van der Waals surface area contributed by atoms with E-state index in [-0.39, 0.29) is 17.6 Å². The van der Waals surface area contributed by atoms with Gasteiger partial charge in [-0.2, -0.15) is 0 Å². The number of carbonyl (C=O) groups excluding carboxylic acids is 1. The van der Waals surface area contributed by atoms with Crippen molar-refractivity contribution in [2.75, 3.05) is 6.54 Å². The molecule has 1 amide bonds. The number of nitro groups is 1. The van der Waals surface area contributed by atoms with Gasteiger partial charge in [0.1, 0.15) is 0 Å². The summed E-state index contributed by atoms with van der Waals surface area (Å²) >= 11 is 5.82. The van der Waals surface area contributed by atoms with Crippen molar-refractivity contribution in [1.29, 1.82) is 0 Å². The molecular formula is C11H12ClN3O3. The highest BCUT2D eigenvalue weighted by atomic mass is 35.5. The molecule has 1 saturated heterocycles. The molecule has 2 N–H and O–H groups in total. The number of nitro benzene ring substituents is 1. The van der Waals surface area contributed by atoms with Crippen LogP contribution in [0, 0.1) is 10.1 Å². The summed E-state index contributed by atoms with van der Waals surface area (Å²) in [5.74, 6) is -0.00639. The zero-order valence-electron chi connectivity index (χ0n) is 9.48. The zero-order valence-corrected chi connectivity index (χ0v) is 10.2. The predicted molar refractivity (Wildman–Crippen MR) is 66.4 cm³/mol. The fourth-order valence-corrected chi connectivity index (χ4v) is 2.07. The second-order valence-electron chi connectivity index (χ2n) is 4.12. The van der Waals surface area contributed by atoms with E-state index in [1.54, 1.807) is 6.07 Å². The Morgan fingerprint density at radius 3 is 2.94 bits per heavy atom. The van der Waals surface area contributed by atoms with Crippen LogP contribution in [0.4, 0.5) is 5.69 Å². The Morgan fingerprint density at radius 2 is 2.33 bits per heavy atom. The number of hydrogen-bond acceptors (Lipinski definition) is 4. The first kappa shape index (κ1) is 12.8. The first-order chi connectivity index (χ1) is 8.56. The topological polar surface area (TPSA) is 84.3 Å². The van der Waals surface area contributed by atoms with Crippen molar-refractivity contribution in [3.8, 4) is 0 Å². The van der Waals surface area contributed by atoms with Crippen LogP contribution in [-0.4, -0.2) is 23.4 Å². The van der Waals surface area contributed by atoms with Crippen LogP contribution in [0.2, 0.25) is 5.02 Å². The molecule has 0 spiro atoms. The number of nitrogens with zero attached hydrogens (tertiary/aromatic N) is 1. The van der Waals surface area contributed by atoms with Crippen molar-refractivity contribution in [1.82, 2.24) is 10.6 Å². The lowest BCUT2D eigenvalue weighted by atomic mass is 10.1. The van der Waals surface area contributed by atoms with Gasteiger partial charge >= 0.3 is 0 Å². The third-order valence-corrected chi connectivity index (χ3v) is 3.03. The number of rotatable bonds is 4. The lowest BCUT2D eigenvalue weighted by Gasteiger charge is -2.10. The Hall–Kier alpha value is -1.66. The van der Waals surface area contributed by atoms with Crippen LogP contribution in [0.25, 0.3) is 0 Å². The van der Waals surface area contributed by atoms with Crippen LogP contribution in [0.5, 0.6) is 0 Å². The molecule has 0 bridgehead atoms. The highest BCUT2D eigenvalue weighted by Crippen LogP contribution is 2.22. The van der Waals surface area contributed by atoms with E-state index in [0.717, 1.165) is 0 Å². The number of halogens is 1. The van der Waals surface area contributed by atoms with Crippen LogP contribution in [0.1, 0.15) is 12.0 Å². The Morgan fingerprint density at radius 1 is 1.56 bits per heavy atom. The molecule has 1 heterocycles. The SMILES string of the molecule is O=C1CC(NCc2cc(Cl)ccc2[N+](=O)[O-])CN1. The van der Waals surface area contributed by atoms with Gasteiger partial charge in [-0.25, -0.2) is 0 Å². The Bertz CT molecular complexity index is 492. The predicted octanol–water partition coefficient (Wildman–Crippen LogP) is 1.23. The molecule has 1 fully saturated rings. The maximum atomic E-state index is 11.0. The maximum Gasteiger partial charge on any atom is 0.273 e. The number of carbonyl (C=O) groups is 1. The third kappa shape index (κ3) is 2.96. The summed E-state index contributed by atoms with van der Waals surface area (Å²) in [6.45, 7) is 0.865. The van der Waals surface area contributed by atoms with Crippen LogP contribution >= 0.6 is 11.6 Å². The number of hydrogen-bond donors (Lipinski definition) is 2. The molecule has 1 aromatic carbocycles. The lowest BCUT2D eigenvalue weighted by Crippen LogP contribution is -2.30. The number of nitrogens with one attached hydrogen (secondary N) is 2. The van der Waals surface area contributed by atoms with E-state index in [9.17, 15) is 14.9 Å². The van der Waals surface area contributed by atoms with E-state index >= 15 is 0 Å². The maximum absolute atomic E-state index is 11.0. The normalized spacial score (nSPS) is 18.7. The van der Waals surface area contributed by atoms with E-state index in [4.69, 9.17) is 11.6 Å². The molecule has 0 saturated carbocycles. The molecule has 0 aliphatic carbocycles. The highest BCUT2D eigenvalue weighted by molar-refractivity contribution is 6.30. The van der Waals surface area contributed by atoms with Gasteiger partial charge in [0.15, 0.2) is 0 Å². The summed E-state index contributed by atoms with van der Waals surface area (Å²) in [6, 6.07) is 4.45. The van der Waals surface area contributed by atoms with Gasteiger partial charge in [-0.1, -0.05) is 11.6 Å². The van der Waals surface area contributed by atoms with E-state index in [0.29, 0.717) is 30.1 Å². The highest BCUT2D eigenvalue weighted by Gasteiger charge is 2.22. The second-order valence-corrected chi connectivity index (χ2v) is 4.55. The summed E-state index contributed by atoms with van der Waals surface area (Å²) in [5, 5.41) is 17.1. The summed E-state index contributed by atoms with van der Waals surface area (Å²) in [6.07, 6.45) is 0.397. The molecule has 2 rings (SSSR count).